The van der Waals surface area contributed by atoms with Crippen LogP contribution in [0.5, 0.6) is 11.5 Å². The van der Waals surface area contributed by atoms with E-state index < -0.39 is 30.7 Å². The molecule has 11 heteroatoms. The van der Waals surface area contributed by atoms with Gasteiger partial charge in [0.1, 0.15) is 0 Å². The lowest BCUT2D eigenvalue weighted by atomic mass is 9.79. The maximum Gasteiger partial charge on any atom is 0.261 e. The summed E-state index contributed by atoms with van der Waals surface area (Å²) in [5, 5.41) is 10.2. The zero-order valence-corrected chi connectivity index (χ0v) is 19.8. The third kappa shape index (κ3) is 1.95. The number of amides is 2. The molecule has 1 spiro atoms. The maximum absolute atomic E-state index is 13.8. The summed E-state index contributed by atoms with van der Waals surface area (Å²) in [7, 11) is 1.99. The Labute approximate surface area is 185 Å². The summed E-state index contributed by atoms with van der Waals surface area (Å²) in [5.41, 5.74) is -0.337. The molecule has 0 saturated carbocycles. The number of ether oxygens (including phenoxy) is 2. The number of hydrogen-bond acceptors (Lipinski definition) is 6. The molecule has 29 heavy (non-hydrogen) atoms. The number of likely N-dealkylation sites (N-methyl/N-ethyl adjacent to an activating group) is 1. The standard InChI is InChI=1S/C18H16BrN3O4S3/c1-16(7-20)6-18-15(24)21(3)17(2,29(18)28-27)14(23)22(18)13(16)11-9(19)4-5-10-12(11)26-8-25-10/h4-5,13H,6,8H2,1-3H3/t13-,16+,17+,18+,29?/m0/s1. The van der Waals surface area contributed by atoms with Gasteiger partial charge in [0.15, 0.2) is 21.2 Å². The van der Waals surface area contributed by atoms with Gasteiger partial charge >= 0.3 is 0 Å². The molecule has 2 amide bonds. The Morgan fingerprint density at radius 3 is 2.72 bits per heavy atom. The van der Waals surface area contributed by atoms with Crippen LogP contribution in [0.3, 0.4) is 0 Å². The van der Waals surface area contributed by atoms with Crippen molar-refractivity contribution in [2.75, 3.05) is 13.8 Å². The second-order valence-electron chi connectivity index (χ2n) is 7.95. The van der Waals surface area contributed by atoms with Gasteiger partial charge in [-0.3, -0.25) is 9.59 Å². The van der Waals surface area contributed by atoms with Crippen molar-refractivity contribution in [2.45, 2.75) is 36.1 Å². The quantitative estimate of drug-likeness (QED) is 0.570. The Balaban J connectivity index is 1.84. The minimum Gasteiger partial charge on any atom is -0.454 e. The van der Waals surface area contributed by atoms with Crippen molar-refractivity contribution in [1.82, 2.24) is 9.80 Å². The summed E-state index contributed by atoms with van der Waals surface area (Å²) in [4.78, 5) is 28.3. The number of piperazine rings is 1. The molecule has 4 aliphatic rings. The number of hydrogen-bond donors (Lipinski definition) is 0. The topological polar surface area (TPSA) is 82.9 Å². The van der Waals surface area contributed by atoms with Gasteiger partial charge in [0.2, 0.25) is 6.79 Å². The van der Waals surface area contributed by atoms with Gasteiger partial charge in [0, 0.05) is 23.5 Å². The van der Waals surface area contributed by atoms with E-state index in [2.05, 4.69) is 22.0 Å². The van der Waals surface area contributed by atoms with Crippen LogP contribution in [0.4, 0.5) is 0 Å². The molecule has 5 rings (SSSR count). The monoisotopic (exact) mass is 513 g/mol. The molecule has 3 saturated heterocycles. The van der Waals surface area contributed by atoms with Crippen molar-refractivity contribution in [3.05, 3.63) is 22.2 Å². The fourth-order valence-corrected chi connectivity index (χ4v) is 12.4. The first-order valence-electron chi connectivity index (χ1n) is 8.84. The molecular weight excluding hydrogens is 498 g/mol. The van der Waals surface area contributed by atoms with Crippen LogP contribution in [0.25, 0.3) is 0 Å². The summed E-state index contributed by atoms with van der Waals surface area (Å²) >= 11 is 8.94. The average molecular weight is 514 g/mol. The summed E-state index contributed by atoms with van der Waals surface area (Å²) in [6.45, 7) is 3.66. The van der Waals surface area contributed by atoms with Crippen molar-refractivity contribution >= 4 is 57.3 Å². The van der Waals surface area contributed by atoms with Gasteiger partial charge in [-0.25, -0.2) is 0 Å². The summed E-state index contributed by atoms with van der Waals surface area (Å²) in [5.74, 6) is 0.751. The molecule has 1 unspecified atom stereocenters. The van der Waals surface area contributed by atoms with Crippen LogP contribution in [0.15, 0.2) is 16.6 Å². The van der Waals surface area contributed by atoms with Crippen LogP contribution in [0.2, 0.25) is 0 Å². The predicted molar refractivity (Wildman–Crippen MR) is 114 cm³/mol. The van der Waals surface area contributed by atoms with E-state index in [1.54, 1.807) is 31.9 Å². The van der Waals surface area contributed by atoms with Crippen LogP contribution in [0, 0.1) is 16.7 Å². The van der Waals surface area contributed by atoms with Gasteiger partial charge < -0.3 is 19.3 Å². The minimum absolute atomic E-state index is 0.0691. The SMILES string of the molecule is CN1C(=O)[C@]23C[C@](C)(C#N)[C@H](c4c(Br)ccc5c4OCO5)N2C(=O)[C@@]1(C)S3=S=S. The third-order valence-corrected chi connectivity index (χ3v) is 13.1. The van der Waals surface area contributed by atoms with Crippen LogP contribution >= 0.6 is 15.9 Å². The van der Waals surface area contributed by atoms with Crippen molar-refractivity contribution in [2.24, 2.45) is 5.41 Å². The number of carbonyl (C=O) groups excluding carboxylic acids is 2. The zero-order valence-electron chi connectivity index (χ0n) is 15.7. The van der Waals surface area contributed by atoms with Gasteiger partial charge in [0.05, 0.1) is 17.5 Å². The zero-order chi connectivity index (χ0) is 20.9. The lowest BCUT2D eigenvalue weighted by molar-refractivity contribution is -0.159. The van der Waals surface area contributed by atoms with Crippen LogP contribution in [-0.4, -0.2) is 45.2 Å². The number of rotatable bonds is 1. The van der Waals surface area contributed by atoms with Crippen LogP contribution < -0.4 is 9.47 Å². The van der Waals surface area contributed by atoms with E-state index in [0.717, 1.165) is 8.88 Å². The molecule has 4 aliphatic heterocycles. The number of halogens is 1. The summed E-state index contributed by atoms with van der Waals surface area (Å²) in [6, 6.07) is 5.35. The molecule has 0 N–H and O–H groups in total. The highest BCUT2D eigenvalue weighted by Gasteiger charge is 2.81. The molecule has 0 aromatic heterocycles. The first-order chi connectivity index (χ1) is 13.7. The lowest BCUT2D eigenvalue weighted by Crippen LogP contribution is -2.60. The van der Waals surface area contributed by atoms with E-state index >= 15 is 0 Å². The first kappa shape index (κ1) is 19.5. The third-order valence-electron chi connectivity index (χ3n) is 6.54. The van der Waals surface area contributed by atoms with E-state index in [9.17, 15) is 14.9 Å². The van der Waals surface area contributed by atoms with Gasteiger partial charge in [-0.2, -0.15) is 5.26 Å². The Morgan fingerprint density at radius 2 is 2.07 bits per heavy atom. The van der Waals surface area contributed by atoms with Gasteiger partial charge in [0.25, 0.3) is 11.8 Å². The Kier molecular flexibility index (Phi) is 3.90. The second kappa shape index (κ2) is 5.81. The molecule has 7 nitrogen and oxygen atoms in total. The summed E-state index contributed by atoms with van der Waals surface area (Å²) < 4.78 is 12.0. The van der Waals surface area contributed by atoms with E-state index in [4.69, 9.17) is 20.7 Å². The number of carbonyl (C=O) groups is 2. The van der Waals surface area contributed by atoms with Crippen molar-refractivity contribution in [1.29, 1.82) is 5.26 Å². The van der Waals surface area contributed by atoms with Crippen molar-refractivity contribution in [3.63, 3.8) is 0 Å². The van der Waals surface area contributed by atoms with Gasteiger partial charge in [-0.1, -0.05) is 15.9 Å². The van der Waals surface area contributed by atoms with E-state index in [1.165, 1.54) is 4.90 Å². The number of fused-ring (bicyclic) bond motifs is 2. The fraction of sp³-hybridized carbons (Fsp3) is 0.500. The Hall–Kier alpha value is -1.48. The molecule has 152 valence electrons. The van der Waals surface area contributed by atoms with Gasteiger partial charge in [-0.05, 0) is 55.5 Å². The number of benzene rings is 1. The van der Waals surface area contributed by atoms with Crippen molar-refractivity contribution < 1.29 is 19.1 Å². The normalized spacial score (nSPS) is 39.1. The number of nitriles is 1. The molecule has 0 aliphatic carbocycles. The minimum atomic E-state index is -1.12. The molecule has 0 radical (unpaired) electrons. The van der Waals surface area contributed by atoms with Crippen LogP contribution in [0.1, 0.15) is 31.9 Å². The Bertz CT molecular complexity index is 1130. The summed E-state index contributed by atoms with van der Waals surface area (Å²) in [6.07, 6.45) is 0.232. The molecular formula is C18H16BrN3O4S3. The molecule has 5 atom stereocenters. The van der Waals surface area contributed by atoms with Gasteiger partial charge in [-0.15, -0.1) is 0 Å². The van der Waals surface area contributed by atoms with E-state index in [-0.39, 0.29) is 25.0 Å². The predicted octanol–water partition coefficient (Wildman–Crippen LogP) is 1.96. The largest absolute Gasteiger partial charge is 0.454 e. The highest BCUT2D eigenvalue weighted by atomic mass is 79.9. The fourth-order valence-electron chi connectivity index (χ4n) is 5.12. The highest BCUT2D eigenvalue weighted by Crippen LogP contribution is 2.67. The molecule has 1 aromatic carbocycles. The Morgan fingerprint density at radius 1 is 1.34 bits per heavy atom. The highest BCUT2D eigenvalue weighted by molar-refractivity contribution is 9.10. The smallest absolute Gasteiger partial charge is 0.261 e. The van der Waals surface area contributed by atoms with Crippen molar-refractivity contribution in [3.8, 4) is 17.6 Å². The lowest BCUT2D eigenvalue weighted by Gasteiger charge is -2.40. The number of nitrogens with zero attached hydrogens (tertiary/aromatic N) is 3. The van der Waals surface area contributed by atoms with E-state index in [0.29, 0.717) is 21.5 Å². The molecule has 4 heterocycles. The van der Waals surface area contributed by atoms with Crippen LogP contribution in [-0.2, 0) is 39.1 Å². The molecule has 3 fully saturated rings. The maximum atomic E-state index is 13.8. The second-order valence-corrected chi connectivity index (χ2v) is 13.6. The molecule has 1 aromatic rings. The van der Waals surface area contributed by atoms with E-state index in [1.807, 2.05) is 6.07 Å². The first-order valence-corrected chi connectivity index (χ1v) is 13.1. The molecule has 2 bridgehead atoms. The average Bonchev–Trinajstić information content (AvgIpc) is 3.35.